The lowest BCUT2D eigenvalue weighted by Gasteiger charge is -2.24. The third-order valence-electron chi connectivity index (χ3n) is 3.07. The highest BCUT2D eigenvalue weighted by atomic mass is 19.4. The zero-order chi connectivity index (χ0) is 13.9. The maximum absolute atomic E-state index is 12.7. The first-order valence-electron chi connectivity index (χ1n) is 6.02. The van der Waals surface area contributed by atoms with E-state index < -0.39 is 18.3 Å². The van der Waals surface area contributed by atoms with Crippen LogP contribution in [0.2, 0.25) is 0 Å². The molecular weight excluding hydrogens is 259 g/mol. The average molecular weight is 273 g/mol. The second kappa shape index (κ2) is 5.61. The van der Waals surface area contributed by atoms with Crippen LogP contribution in [-0.2, 0) is 16.1 Å². The predicted molar refractivity (Wildman–Crippen MR) is 62.0 cm³/mol. The molecule has 1 aromatic carbocycles. The summed E-state index contributed by atoms with van der Waals surface area (Å²) < 4.78 is 42.9. The Kier molecular flexibility index (Phi) is 4.09. The van der Waals surface area contributed by atoms with E-state index in [9.17, 15) is 18.0 Å². The Bertz CT molecular complexity index is 433. The van der Waals surface area contributed by atoms with E-state index in [1.54, 1.807) is 24.3 Å². The van der Waals surface area contributed by atoms with Crippen molar-refractivity contribution in [3.05, 3.63) is 35.9 Å². The van der Waals surface area contributed by atoms with Crippen molar-refractivity contribution in [2.45, 2.75) is 31.8 Å². The van der Waals surface area contributed by atoms with Crippen LogP contribution in [0.3, 0.4) is 0 Å². The summed E-state index contributed by atoms with van der Waals surface area (Å²) in [4.78, 5) is 12.0. The van der Waals surface area contributed by atoms with Crippen molar-refractivity contribution in [2.24, 2.45) is 0 Å². The molecule has 0 N–H and O–H groups in total. The Morgan fingerprint density at radius 3 is 2.63 bits per heavy atom. The summed E-state index contributed by atoms with van der Waals surface area (Å²) in [5.41, 5.74) is 0.757. The number of benzene rings is 1. The normalized spacial score (nSPS) is 20.5. The largest absolute Gasteiger partial charge is 0.460 e. The second-order valence-corrected chi connectivity index (χ2v) is 4.41. The van der Waals surface area contributed by atoms with E-state index in [-0.39, 0.29) is 24.5 Å². The Hall–Kier alpha value is -1.56. The molecule has 1 aliphatic heterocycles. The maximum Gasteiger partial charge on any atom is 0.460 e. The molecule has 0 bridgehead atoms. The number of nitrogens with zero attached hydrogens (tertiary/aromatic N) is 1. The number of rotatable bonds is 3. The van der Waals surface area contributed by atoms with Gasteiger partial charge in [-0.25, -0.2) is 4.90 Å². The average Bonchev–Trinajstić information content (AvgIpc) is 2.86. The summed E-state index contributed by atoms with van der Waals surface area (Å²) >= 11 is 0. The minimum Gasteiger partial charge on any atom is -0.460 e. The Morgan fingerprint density at radius 1 is 1.32 bits per heavy atom. The lowest BCUT2D eigenvalue weighted by Crippen LogP contribution is -2.46. The van der Waals surface area contributed by atoms with Gasteiger partial charge >= 0.3 is 12.3 Å². The molecule has 0 amide bonds. The van der Waals surface area contributed by atoms with Crippen LogP contribution in [0.15, 0.2) is 30.3 Å². The lowest BCUT2D eigenvalue weighted by atomic mass is 10.2. The number of alkyl halides is 3. The molecule has 0 radical (unpaired) electrons. The van der Waals surface area contributed by atoms with Crippen molar-refractivity contribution in [1.29, 1.82) is 0 Å². The number of likely N-dealkylation sites (tertiary alicyclic amines) is 1. The van der Waals surface area contributed by atoms with E-state index in [1.807, 2.05) is 6.07 Å². The lowest BCUT2D eigenvalue weighted by molar-refractivity contribution is -0.251. The van der Waals surface area contributed by atoms with Gasteiger partial charge in [-0.1, -0.05) is 30.3 Å². The van der Waals surface area contributed by atoms with Crippen molar-refractivity contribution in [3.8, 4) is 0 Å². The molecular formula is C13H14F3NO2. The topological polar surface area (TPSA) is 29.5 Å². The van der Waals surface area contributed by atoms with Crippen LogP contribution in [-0.4, -0.2) is 29.8 Å². The van der Waals surface area contributed by atoms with Crippen LogP contribution >= 0.6 is 0 Å². The molecule has 104 valence electrons. The molecule has 1 aromatic rings. The quantitative estimate of drug-likeness (QED) is 0.626. The van der Waals surface area contributed by atoms with E-state index in [0.717, 1.165) is 5.56 Å². The molecule has 0 saturated carbocycles. The smallest absolute Gasteiger partial charge is 0.460 e. The summed E-state index contributed by atoms with van der Waals surface area (Å²) in [6.45, 7) is -0.142. The second-order valence-electron chi connectivity index (χ2n) is 4.41. The molecule has 0 spiro atoms. The standard InChI is InChI=1S/C13H14F3NO2/c14-13(15,16)17-8-4-7-11(17)12(18)19-9-10-5-2-1-3-6-10/h1-3,5-6,11H,4,7-9H2/t11-/m0/s1. The van der Waals surface area contributed by atoms with Gasteiger partial charge in [0.2, 0.25) is 0 Å². The zero-order valence-corrected chi connectivity index (χ0v) is 10.2. The number of hydrogen-bond acceptors (Lipinski definition) is 3. The molecule has 1 fully saturated rings. The molecule has 2 rings (SSSR count). The van der Waals surface area contributed by atoms with Gasteiger partial charge in [0.15, 0.2) is 0 Å². The van der Waals surface area contributed by atoms with Crippen LogP contribution in [0.1, 0.15) is 18.4 Å². The number of carbonyl (C=O) groups is 1. The third-order valence-corrected chi connectivity index (χ3v) is 3.07. The predicted octanol–water partition coefficient (Wildman–Crippen LogP) is 2.71. The molecule has 0 aromatic heterocycles. The van der Waals surface area contributed by atoms with Crippen molar-refractivity contribution in [3.63, 3.8) is 0 Å². The summed E-state index contributed by atoms with van der Waals surface area (Å²) in [6.07, 6.45) is -3.94. The van der Waals surface area contributed by atoms with E-state index in [4.69, 9.17) is 4.74 Å². The summed E-state index contributed by atoms with van der Waals surface area (Å²) in [7, 11) is 0. The SMILES string of the molecule is O=C(OCc1ccccc1)[C@@H]1CCCN1C(F)(F)F. The fourth-order valence-electron chi connectivity index (χ4n) is 2.14. The fraction of sp³-hybridized carbons (Fsp3) is 0.462. The minimum atomic E-state index is -4.48. The van der Waals surface area contributed by atoms with Crippen molar-refractivity contribution < 1.29 is 22.7 Å². The van der Waals surface area contributed by atoms with Crippen LogP contribution in [0.4, 0.5) is 13.2 Å². The Morgan fingerprint density at radius 2 is 2.00 bits per heavy atom. The van der Waals surface area contributed by atoms with Gasteiger partial charge in [0.25, 0.3) is 0 Å². The molecule has 3 nitrogen and oxygen atoms in total. The van der Waals surface area contributed by atoms with E-state index in [0.29, 0.717) is 6.42 Å². The summed E-state index contributed by atoms with van der Waals surface area (Å²) in [5, 5.41) is 0. The number of esters is 1. The van der Waals surface area contributed by atoms with Crippen molar-refractivity contribution in [1.82, 2.24) is 4.90 Å². The van der Waals surface area contributed by atoms with Gasteiger partial charge in [-0.05, 0) is 18.4 Å². The van der Waals surface area contributed by atoms with Crippen molar-refractivity contribution in [2.75, 3.05) is 6.54 Å². The number of hydrogen-bond donors (Lipinski definition) is 0. The third kappa shape index (κ3) is 3.47. The molecule has 1 aliphatic rings. The van der Waals surface area contributed by atoms with Gasteiger partial charge in [0.05, 0.1) is 0 Å². The van der Waals surface area contributed by atoms with Gasteiger partial charge in [-0.3, -0.25) is 4.79 Å². The molecule has 6 heteroatoms. The van der Waals surface area contributed by atoms with Crippen molar-refractivity contribution >= 4 is 5.97 Å². The number of carbonyl (C=O) groups excluding carboxylic acids is 1. The first kappa shape index (κ1) is 13.9. The van der Waals surface area contributed by atoms with Gasteiger partial charge in [-0.2, -0.15) is 13.2 Å². The molecule has 0 aliphatic carbocycles. The first-order chi connectivity index (χ1) is 8.98. The van der Waals surface area contributed by atoms with Gasteiger partial charge in [-0.15, -0.1) is 0 Å². The summed E-state index contributed by atoms with van der Waals surface area (Å²) in [6, 6.07) is 7.67. The molecule has 1 atom stereocenters. The van der Waals surface area contributed by atoms with E-state index in [1.165, 1.54) is 0 Å². The van der Waals surface area contributed by atoms with Gasteiger partial charge < -0.3 is 4.74 Å². The van der Waals surface area contributed by atoms with Gasteiger partial charge in [0, 0.05) is 6.54 Å². The number of halogens is 3. The highest BCUT2D eigenvalue weighted by molar-refractivity contribution is 5.76. The van der Waals surface area contributed by atoms with E-state index >= 15 is 0 Å². The van der Waals surface area contributed by atoms with Gasteiger partial charge in [0.1, 0.15) is 12.6 Å². The molecule has 1 saturated heterocycles. The molecule has 1 heterocycles. The zero-order valence-electron chi connectivity index (χ0n) is 10.2. The first-order valence-corrected chi connectivity index (χ1v) is 6.02. The Balaban J connectivity index is 1.93. The monoisotopic (exact) mass is 273 g/mol. The minimum absolute atomic E-state index is 0.00186. The van der Waals surface area contributed by atoms with Crippen LogP contribution in [0.5, 0.6) is 0 Å². The number of ether oxygens (including phenoxy) is 1. The maximum atomic E-state index is 12.7. The summed E-state index contributed by atoms with van der Waals surface area (Å²) in [5.74, 6) is -0.807. The van der Waals surface area contributed by atoms with Crippen LogP contribution in [0.25, 0.3) is 0 Å². The van der Waals surface area contributed by atoms with Crippen LogP contribution < -0.4 is 0 Å². The Labute approximate surface area is 109 Å². The van der Waals surface area contributed by atoms with E-state index in [2.05, 4.69) is 0 Å². The highest BCUT2D eigenvalue weighted by Gasteiger charge is 2.47. The fourth-order valence-corrected chi connectivity index (χ4v) is 2.14. The molecule has 0 unspecified atom stereocenters. The van der Waals surface area contributed by atoms with Crippen LogP contribution in [0, 0.1) is 0 Å². The molecule has 19 heavy (non-hydrogen) atoms. The highest BCUT2D eigenvalue weighted by Crippen LogP contribution is 2.31.